The molecule has 38 heavy (non-hydrogen) atoms. The lowest BCUT2D eigenvalue weighted by Gasteiger charge is -2.20. The highest BCUT2D eigenvalue weighted by Crippen LogP contribution is 2.38. The minimum absolute atomic E-state index is 0.000285. The van der Waals surface area contributed by atoms with E-state index in [1.807, 2.05) is 32.0 Å². The summed E-state index contributed by atoms with van der Waals surface area (Å²) in [5.41, 5.74) is 2.13. The molecule has 1 atom stereocenters. The van der Waals surface area contributed by atoms with Crippen LogP contribution in [0.5, 0.6) is 17.2 Å². The number of thioether (sulfide) groups is 1. The summed E-state index contributed by atoms with van der Waals surface area (Å²) in [6.07, 6.45) is 3.43. The Morgan fingerprint density at radius 2 is 1.84 bits per heavy atom. The highest BCUT2D eigenvalue weighted by molar-refractivity contribution is 9.10. The fourth-order valence-corrected chi connectivity index (χ4v) is 5.25. The summed E-state index contributed by atoms with van der Waals surface area (Å²) in [6.45, 7) is 9.37. The molecule has 2 aliphatic heterocycles. The van der Waals surface area contributed by atoms with Crippen LogP contribution in [0.3, 0.4) is 0 Å². The molecule has 0 saturated carbocycles. The molecule has 10 heteroatoms. The average molecular weight is 600 g/mol. The lowest BCUT2D eigenvalue weighted by molar-refractivity contribution is -0.114. The van der Waals surface area contributed by atoms with Gasteiger partial charge in [-0.1, -0.05) is 32.9 Å². The van der Waals surface area contributed by atoms with E-state index in [4.69, 9.17) is 19.6 Å². The zero-order valence-electron chi connectivity index (χ0n) is 21.9. The summed E-state index contributed by atoms with van der Waals surface area (Å²) in [6, 6.07) is 11.8. The van der Waals surface area contributed by atoms with Crippen molar-refractivity contribution in [1.82, 2.24) is 5.01 Å². The standard InChI is InChI=1S/C28H31BrN4O4S/c1-5-17(4)19-8-10-20(11-9-19)36-12-13-37-25-22(29)15-18(16-23(25)35-7-3)14-21-26(30)33-28(31-27(21)34)38-24(6-2)32-33/h8-11,14-17,30H,5-7,12-13H2,1-4H3/b21-14-,30-26?. The van der Waals surface area contributed by atoms with Gasteiger partial charge < -0.3 is 14.2 Å². The van der Waals surface area contributed by atoms with Crippen LogP contribution in [-0.4, -0.2) is 46.8 Å². The van der Waals surface area contributed by atoms with Gasteiger partial charge in [0.1, 0.15) is 24.0 Å². The minimum Gasteiger partial charge on any atom is -0.490 e. The van der Waals surface area contributed by atoms with Crippen molar-refractivity contribution in [1.29, 1.82) is 5.41 Å². The highest BCUT2D eigenvalue weighted by atomic mass is 79.9. The number of hydrazone groups is 1. The van der Waals surface area contributed by atoms with E-state index in [1.165, 1.54) is 22.3 Å². The summed E-state index contributed by atoms with van der Waals surface area (Å²) in [4.78, 5) is 16.8. The average Bonchev–Trinajstić information content (AvgIpc) is 3.33. The van der Waals surface area contributed by atoms with E-state index >= 15 is 0 Å². The van der Waals surface area contributed by atoms with Crippen LogP contribution in [0.4, 0.5) is 0 Å². The Morgan fingerprint density at radius 1 is 1.11 bits per heavy atom. The maximum atomic E-state index is 12.7. The fraction of sp³-hybridized carbons (Fsp3) is 0.357. The van der Waals surface area contributed by atoms with E-state index in [9.17, 15) is 4.79 Å². The Bertz CT molecular complexity index is 1310. The van der Waals surface area contributed by atoms with Crippen molar-refractivity contribution in [2.75, 3.05) is 19.8 Å². The first kappa shape index (κ1) is 27.9. The fourth-order valence-electron chi connectivity index (χ4n) is 3.85. The summed E-state index contributed by atoms with van der Waals surface area (Å²) in [7, 11) is 0. The first-order chi connectivity index (χ1) is 18.3. The molecule has 0 fully saturated rings. The van der Waals surface area contributed by atoms with Crippen LogP contribution in [0.1, 0.15) is 57.6 Å². The smallest absolute Gasteiger partial charge is 0.283 e. The van der Waals surface area contributed by atoms with Gasteiger partial charge in [0.2, 0.25) is 5.17 Å². The number of benzene rings is 2. The quantitative estimate of drug-likeness (QED) is 0.224. The Balaban J connectivity index is 1.46. The first-order valence-corrected chi connectivity index (χ1v) is 14.3. The molecule has 2 aliphatic rings. The van der Waals surface area contributed by atoms with Gasteiger partial charge in [0.25, 0.3) is 5.91 Å². The molecule has 1 N–H and O–H groups in total. The molecule has 4 rings (SSSR count). The van der Waals surface area contributed by atoms with Crippen LogP contribution in [0, 0.1) is 5.41 Å². The van der Waals surface area contributed by atoms with Gasteiger partial charge in [-0.15, -0.1) is 0 Å². The van der Waals surface area contributed by atoms with Crippen LogP contribution in [-0.2, 0) is 4.79 Å². The lowest BCUT2D eigenvalue weighted by Crippen LogP contribution is -2.35. The summed E-state index contributed by atoms with van der Waals surface area (Å²) in [5.74, 6) is 1.92. The number of carbonyl (C=O) groups excluding carboxylic acids is 1. The summed E-state index contributed by atoms with van der Waals surface area (Å²) < 4.78 is 18.4. The van der Waals surface area contributed by atoms with Crippen molar-refractivity contribution in [3.63, 3.8) is 0 Å². The highest BCUT2D eigenvalue weighted by Gasteiger charge is 2.35. The van der Waals surface area contributed by atoms with E-state index in [0.29, 0.717) is 58.9 Å². The number of aliphatic imine (C=N–C) groups is 1. The van der Waals surface area contributed by atoms with Gasteiger partial charge in [-0.25, -0.2) is 0 Å². The van der Waals surface area contributed by atoms with Gasteiger partial charge in [-0.05, 0) is 94.8 Å². The van der Waals surface area contributed by atoms with Gasteiger partial charge in [-0.3, -0.25) is 10.2 Å². The number of amidine groups is 2. The van der Waals surface area contributed by atoms with Crippen molar-refractivity contribution in [2.24, 2.45) is 10.1 Å². The number of amides is 1. The molecule has 8 nitrogen and oxygen atoms in total. The number of nitrogens with one attached hydrogen (secondary N) is 1. The Hall–Kier alpha value is -3.11. The molecule has 1 unspecified atom stereocenters. The van der Waals surface area contributed by atoms with Crippen molar-refractivity contribution < 1.29 is 19.0 Å². The number of rotatable bonds is 11. The normalized spacial score (nSPS) is 16.8. The van der Waals surface area contributed by atoms with Crippen molar-refractivity contribution in [3.05, 3.63) is 57.6 Å². The molecule has 0 aliphatic carbocycles. The van der Waals surface area contributed by atoms with Crippen LogP contribution in [0.15, 0.2) is 56.5 Å². The van der Waals surface area contributed by atoms with E-state index in [0.717, 1.165) is 17.2 Å². The molecule has 0 saturated heterocycles. The number of fused-ring (bicyclic) bond motifs is 1. The second-order valence-corrected chi connectivity index (χ2v) is 10.6. The lowest BCUT2D eigenvalue weighted by atomic mass is 9.99. The van der Waals surface area contributed by atoms with E-state index in [-0.39, 0.29) is 11.4 Å². The molecule has 0 spiro atoms. The molecule has 2 aromatic carbocycles. The first-order valence-electron chi connectivity index (χ1n) is 12.7. The predicted octanol–water partition coefficient (Wildman–Crippen LogP) is 6.85. The van der Waals surface area contributed by atoms with Gasteiger partial charge in [-0.2, -0.15) is 15.1 Å². The molecule has 200 valence electrons. The van der Waals surface area contributed by atoms with Gasteiger partial charge in [0, 0.05) is 0 Å². The monoisotopic (exact) mass is 598 g/mol. The molecule has 2 heterocycles. The topological polar surface area (TPSA) is 96.6 Å². The van der Waals surface area contributed by atoms with Gasteiger partial charge in [0.05, 0.1) is 16.7 Å². The third kappa shape index (κ3) is 6.30. The summed E-state index contributed by atoms with van der Waals surface area (Å²) >= 11 is 4.89. The predicted molar refractivity (Wildman–Crippen MR) is 157 cm³/mol. The second kappa shape index (κ2) is 12.6. The van der Waals surface area contributed by atoms with E-state index in [2.05, 4.69) is 52.0 Å². The molecular weight excluding hydrogens is 568 g/mol. The maximum Gasteiger partial charge on any atom is 0.283 e. The summed E-state index contributed by atoms with van der Waals surface area (Å²) in [5, 5.41) is 15.6. The van der Waals surface area contributed by atoms with Crippen LogP contribution < -0.4 is 14.2 Å². The number of ether oxygens (including phenoxy) is 3. The maximum absolute atomic E-state index is 12.7. The molecule has 2 aromatic rings. The van der Waals surface area contributed by atoms with E-state index < -0.39 is 5.91 Å². The number of carbonyl (C=O) groups is 1. The van der Waals surface area contributed by atoms with Gasteiger partial charge in [0.15, 0.2) is 17.3 Å². The SMILES string of the molecule is CCOc1cc(/C=C2/C(=N)N3N=C(CC)SC3=NC2=O)cc(Br)c1OCCOc1ccc(C(C)CC)cc1. The molecule has 0 radical (unpaired) electrons. The molecule has 1 amide bonds. The number of nitrogens with zero attached hydrogens (tertiary/aromatic N) is 3. The zero-order valence-corrected chi connectivity index (χ0v) is 24.3. The Morgan fingerprint density at radius 3 is 2.53 bits per heavy atom. The molecular formula is C28H31BrN4O4S. The largest absolute Gasteiger partial charge is 0.490 e. The van der Waals surface area contributed by atoms with Crippen LogP contribution >= 0.6 is 27.7 Å². The van der Waals surface area contributed by atoms with Crippen molar-refractivity contribution >= 4 is 55.7 Å². The molecule has 0 aromatic heterocycles. The van der Waals surface area contributed by atoms with Gasteiger partial charge >= 0.3 is 0 Å². The van der Waals surface area contributed by atoms with Crippen LogP contribution in [0.2, 0.25) is 0 Å². The van der Waals surface area contributed by atoms with Crippen molar-refractivity contribution in [2.45, 2.75) is 46.5 Å². The Kier molecular flexibility index (Phi) is 9.27. The van der Waals surface area contributed by atoms with Crippen molar-refractivity contribution in [3.8, 4) is 17.2 Å². The number of hydrogen-bond acceptors (Lipinski definition) is 7. The third-order valence-electron chi connectivity index (χ3n) is 6.10. The number of hydrogen-bond donors (Lipinski definition) is 1. The molecule has 0 bridgehead atoms. The second-order valence-electron chi connectivity index (χ2n) is 8.71. The minimum atomic E-state index is -0.468. The van der Waals surface area contributed by atoms with E-state index in [1.54, 1.807) is 12.1 Å². The zero-order chi connectivity index (χ0) is 27.2. The van der Waals surface area contributed by atoms with Crippen LogP contribution in [0.25, 0.3) is 6.08 Å². The Labute approximate surface area is 235 Å². The number of halogens is 1. The third-order valence-corrected chi connectivity index (χ3v) is 7.74.